The Hall–Kier alpha value is -1.10. The van der Waals surface area contributed by atoms with Crippen molar-refractivity contribution < 1.29 is 4.42 Å². The molecule has 2 heterocycles. The van der Waals surface area contributed by atoms with Crippen LogP contribution >= 0.6 is 0 Å². The molecule has 0 atom stereocenters. The summed E-state index contributed by atoms with van der Waals surface area (Å²) in [7, 11) is 0. The zero-order chi connectivity index (χ0) is 12.3. The lowest BCUT2D eigenvalue weighted by molar-refractivity contribution is 0.196. The number of hydrogen-bond acceptors (Lipinski definition) is 5. The fourth-order valence-electron chi connectivity index (χ4n) is 2.58. The molecule has 0 bridgehead atoms. The highest BCUT2D eigenvalue weighted by Gasteiger charge is 2.32. The first-order valence-corrected chi connectivity index (χ1v) is 6.50. The van der Waals surface area contributed by atoms with Gasteiger partial charge in [0.1, 0.15) is 0 Å². The quantitative estimate of drug-likeness (QED) is 0.868. The molecular weight excluding hydrogens is 216 g/mol. The average molecular weight is 238 g/mol. The van der Waals surface area contributed by atoms with Gasteiger partial charge in [-0.3, -0.25) is 0 Å². The molecule has 1 aromatic heterocycles. The number of anilines is 1. The molecule has 1 aliphatic rings. The largest absolute Gasteiger partial charge is 0.407 e. The van der Waals surface area contributed by atoms with Crippen molar-refractivity contribution >= 4 is 6.01 Å². The Kier molecular flexibility index (Phi) is 3.66. The number of rotatable bonds is 4. The first-order chi connectivity index (χ1) is 8.23. The van der Waals surface area contributed by atoms with Crippen molar-refractivity contribution in [1.29, 1.82) is 0 Å². The van der Waals surface area contributed by atoms with Gasteiger partial charge in [0.2, 0.25) is 5.89 Å². The maximum absolute atomic E-state index is 5.49. The van der Waals surface area contributed by atoms with Crippen LogP contribution in [-0.2, 0) is 6.54 Å². The Balaban J connectivity index is 1.99. The fraction of sp³-hybridized carbons (Fsp3) is 0.833. The van der Waals surface area contributed by atoms with E-state index < -0.39 is 0 Å². The van der Waals surface area contributed by atoms with Crippen LogP contribution < -0.4 is 10.6 Å². The summed E-state index contributed by atoms with van der Waals surface area (Å²) >= 11 is 0. The van der Waals surface area contributed by atoms with Gasteiger partial charge in [0, 0.05) is 13.1 Å². The zero-order valence-electron chi connectivity index (χ0n) is 10.8. The van der Waals surface area contributed by atoms with Crippen LogP contribution in [0.3, 0.4) is 0 Å². The molecule has 0 unspecified atom stereocenters. The molecule has 1 saturated heterocycles. The van der Waals surface area contributed by atoms with Crippen LogP contribution in [0.15, 0.2) is 4.42 Å². The van der Waals surface area contributed by atoms with Crippen LogP contribution in [-0.4, -0.2) is 23.3 Å². The van der Waals surface area contributed by atoms with E-state index in [1.807, 2.05) is 0 Å². The van der Waals surface area contributed by atoms with E-state index in [1.54, 1.807) is 0 Å². The van der Waals surface area contributed by atoms with Crippen molar-refractivity contribution in [1.82, 2.24) is 10.2 Å². The monoisotopic (exact) mass is 238 g/mol. The lowest BCUT2D eigenvalue weighted by Crippen LogP contribution is -2.39. The summed E-state index contributed by atoms with van der Waals surface area (Å²) in [6.45, 7) is 6.91. The fourth-order valence-corrected chi connectivity index (χ4v) is 2.58. The minimum atomic E-state index is 0.314. The van der Waals surface area contributed by atoms with Crippen molar-refractivity contribution in [3.63, 3.8) is 0 Å². The Morgan fingerprint density at radius 3 is 2.35 bits per heavy atom. The van der Waals surface area contributed by atoms with E-state index in [1.165, 1.54) is 25.7 Å². The molecule has 17 heavy (non-hydrogen) atoms. The molecule has 0 saturated carbocycles. The van der Waals surface area contributed by atoms with Gasteiger partial charge in [-0.2, -0.15) is 0 Å². The predicted octanol–water partition coefficient (Wildman–Crippen LogP) is 1.93. The van der Waals surface area contributed by atoms with Crippen LogP contribution in [0.5, 0.6) is 0 Å². The highest BCUT2D eigenvalue weighted by Crippen LogP contribution is 2.38. The molecule has 5 heteroatoms. The molecule has 0 spiro atoms. The normalized spacial score (nSPS) is 19.6. The van der Waals surface area contributed by atoms with Gasteiger partial charge in [-0.15, -0.1) is 5.10 Å². The van der Waals surface area contributed by atoms with Gasteiger partial charge >= 0.3 is 6.01 Å². The smallest absolute Gasteiger partial charge is 0.318 e. The van der Waals surface area contributed by atoms with Crippen molar-refractivity contribution in [2.24, 2.45) is 11.1 Å². The summed E-state index contributed by atoms with van der Waals surface area (Å²) in [6, 6.07) is 0.631. The summed E-state index contributed by atoms with van der Waals surface area (Å²) in [4.78, 5) is 2.18. The Labute approximate surface area is 102 Å². The van der Waals surface area contributed by atoms with Crippen molar-refractivity contribution in [3.05, 3.63) is 5.89 Å². The summed E-state index contributed by atoms with van der Waals surface area (Å²) in [5.74, 6) is 0.516. The third kappa shape index (κ3) is 2.44. The van der Waals surface area contributed by atoms with E-state index in [4.69, 9.17) is 10.2 Å². The van der Waals surface area contributed by atoms with Crippen LogP contribution in [0.25, 0.3) is 0 Å². The van der Waals surface area contributed by atoms with E-state index in [9.17, 15) is 0 Å². The second-order valence-corrected chi connectivity index (χ2v) is 4.88. The van der Waals surface area contributed by atoms with E-state index in [0.717, 1.165) is 13.1 Å². The molecule has 96 valence electrons. The van der Waals surface area contributed by atoms with Gasteiger partial charge in [-0.25, -0.2) is 0 Å². The summed E-state index contributed by atoms with van der Waals surface area (Å²) in [5.41, 5.74) is 5.99. The molecule has 2 N–H and O–H groups in total. The maximum Gasteiger partial charge on any atom is 0.318 e. The van der Waals surface area contributed by atoms with Gasteiger partial charge in [0.25, 0.3) is 0 Å². The SMILES string of the molecule is CCC1(CC)CCN(c2nnc(CN)o2)CC1. The van der Waals surface area contributed by atoms with Gasteiger partial charge in [0.15, 0.2) is 0 Å². The molecule has 0 radical (unpaired) electrons. The minimum Gasteiger partial charge on any atom is -0.407 e. The van der Waals surface area contributed by atoms with E-state index >= 15 is 0 Å². The van der Waals surface area contributed by atoms with Crippen LogP contribution in [0.2, 0.25) is 0 Å². The molecule has 2 rings (SSSR count). The average Bonchev–Trinajstić information content (AvgIpc) is 2.87. The van der Waals surface area contributed by atoms with E-state index in [2.05, 4.69) is 28.9 Å². The zero-order valence-corrected chi connectivity index (χ0v) is 10.8. The van der Waals surface area contributed by atoms with Crippen molar-refractivity contribution in [3.8, 4) is 0 Å². The van der Waals surface area contributed by atoms with Crippen molar-refractivity contribution in [2.75, 3.05) is 18.0 Å². The summed E-state index contributed by atoms with van der Waals surface area (Å²) < 4.78 is 5.49. The number of piperidine rings is 1. The Morgan fingerprint density at radius 2 is 1.88 bits per heavy atom. The standard InChI is InChI=1S/C12H22N4O/c1-3-12(4-2)5-7-16(8-6-12)11-15-14-10(9-13)17-11/h3-9,13H2,1-2H3. The number of nitrogens with two attached hydrogens (primary N) is 1. The van der Waals surface area contributed by atoms with Crippen LogP contribution in [0.1, 0.15) is 45.4 Å². The first-order valence-electron chi connectivity index (χ1n) is 6.50. The van der Waals surface area contributed by atoms with Crippen molar-refractivity contribution in [2.45, 2.75) is 46.1 Å². The minimum absolute atomic E-state index is 0.314. The van der Waals surface area contributed by atoms with Gasteiger partial charge in [-0.05, 0) is 18.3 Å². The van der Waals surface area contributed by atoms with Gasteiger partial charge in [0.05, 0.1) is 6.54 Å². The van der Waals surface area contributed by atoms with Crippen LogP contribution in [0.4, 0.5) is 6.01 Å². The van der Waals surface area contributed by atoms with E-state index in [0.29, 0.717) is 23.9 Å². The Morgan fingerprint density at radius 1 is 1.24 bits per heavy atom. The third-order valence-electron chi connectivity index (χ3n) is 4.23. The molecule has 0 aromatic carbocycles. The molecule has 1 aliphatic heterocycles. The van der Waals surface area contributed by atoms with Crippen LogP contribution in [0, 0.1) is 5.41 Å². The van der Waals surface area contributed by atoms with Gasteiger partial charge < -0.3 is 15.1 Å². The highest BCUT2D eigenvalue weighted by atomic mass is 16.4. The van der Waals surface area contributed by atoms with E-state index in [-0.39, 0.29) is 0 Å². The molecule has 1 aromatic rings. The lowest BCUT2D eigenvalue weighted by Gasteiger charge is -2.40. The first kappa shape index (κ1) is 12.4. The molecular formula is C12H22N4O. The number of nitrogens with zero attached hydrogens (tertiary/aromatic N) is 3. The highest BCUT2D eigenvalue weighted by molar-refractivity contribution is 5.25. The molecule has 0 aliphatic carbocycles. The molecule has 0 amide bonds. The van der Waals surface area contributed by atoms with Gasteiger partial charge in [-0.1, -0.05) is 31.8 Å². The second kappa shape index (κ2) is 5.04. The Bertz CT molecular complexity index is 349. The summed E-state index contributed by atoms with van der Waals surface area (Å²) in [6.07, 6.45) is 4.94. The number of aromatic nitrogens is 2. The summed E-state index contributed by atoms with van der Waals surface area (Å²) in [5, 5.41) is 7.94. The predicted molar refractivity (Wildman–Crippen MR) is 66.7 cm³/mol. The molecule has 1 fully saturated rings. The lowest BCUT2D eigenvalue weighted by atomic mass is 9.74. The maximum atomic E-state index is 5.49. The molecule has 5 nitrogen and oxygen atoms in total. The third-order valence-corrected chi connectivity index (χ3v) is 4.23. The number of hydrogen-bond donors (Lipinski definition) is 1. The topological polar surface area (TPSA) is 68.2 Å². The second-order valence-electron chi connectivity index (χ2n) is 4.88.